The number of nitrogens with zero attached hydrogens (tertiary/aromatic N) is 2. The average Bonchev–Trinajstić information content (AvgIpc) is 2.71. The van der Waals surface area contributed by atoms with E-state index in [0.29, 0.717) is 21.6 Å². The number of carboxylic acid groups (broad SMARTS) is 1. The van der Waals surface area contributed by atoms with Crippen molar-refractivity contribution in [1.29, 1.82) is 0 Å². The fraction of sp³-hybridized carbons (Fsp3) is 0.231. The number of benzene rings is 1. The number of aromatic carboxylic acids is 1. The Hall–Kier alpha value is -1.59. The van der Waals surface area contributed by atoms with Gasteiger partial charge in [0.05, 0.1) is 0 Å². The van der Waals surface area contributed by atoms with E-state index in [4.69, 9.17) is 16.7 Å². The van der Waals surface area contributed by atoms with Gasteiger partial charge in [-0.25, -0.2) is 9.78 Å². The molecule has 19 heavy (non-hydrogen) atoms. The van der Waals surface area contributed by atoms with E-state index in [0.717, 1.165) is 5.56 Å². The number of hydrogen-bond donors (Lipinski definition) is 1. The number of carboxylic acids is 1. The van der Waals surface area contributed by atoms with E-state index in [1.54, 1.807) is 6.92 Å². The van der Waals surface area contributed by atoms with E-state index in [2.05, 4.69) is 4.98 Å². The lowest BCUT2D eigenvalue weighted by Crippen LogP contribution is -2.16. The van der Waals surface area contributed by atoms with Gasteiger partial charge in [-0.3, -0.25) is 0 Å². The zero-order valence-corrected chi connectivity index (χ0v) is 12.1. The van der Waals surface area contributed by atoms with Crippen LogP contribution in [0.1, 0.15) is 20.9 Å². The summed E-state index contributed by atoms with van der Waals surface area (Å²) in [6, 6.07) is 7.57. The molecular weight excluding hydrogens is 284 g/mol. The predicted molar refractivity (Wildman–Crippen MR) is 77.4 cm³/mol. The third-order valence-electron chi connectivity index (χ3n) is 2.62. The van der Waals surface area contributed by atoms with Crippen LogP contribution in [0, 0.1) is 6.92 Å². The van der Waals surface area contributed by atoms with Crippen LogP contribution in [0.2, 0.25) is 5.02 Å². The number of halogens is 1. The topological polar surface area (TPSA) is 53.4 Å². The molecule has 0 fully saturated rings. The van der Waals surface area contributed by atoms with E-state index >= 15 is 0 Å². The molecule has 1 heterocycles. The molecule has 0 saturated carbocycles. The number of aryl methyl sites for hydroxylation is 1. The first-order chi connectivity index (χ1) is 8.97. The molecular formula is C13H13ClN2O2S. The first-order valence-corrected chi connectivity index (χ1v) is 6.83. The van der Waals surface area contributed by atoms with Crippen LogP contribution >= 0.6 is 22.9 Å². The van der Waals surface area contributed by atoms with Gasteiger partial charge in [0.15, 0.2) is 10.8 Å². The van der Waals surface area contributed by atoms with E-state index < -0.39 is 5.97 Å². The maximum Gasteiger partial charge on any atom is 0.355 e. The first kappa shape index (κ1) is 13.8. The SMILES string of the molecule is Cc1sc(N(C)Cc2cccc(Cl)c2)nc1C(=O)O. The Kier molecular flexibility index (Phi) is 4.07. The monoisotopic (exact) mass is 296 g/mol. The van der Waals surface area contributed by atoms with Crippen molar-refractivity contribution in [1.82, 2.24) is 4.98 Å². The van der Waals surface area contributed by atoms with Gasteiger partial charge in [0, 0.05) is 23.5 Å². The maximum absolute atomic E-state index is 11.0. The lowest BCUT2D eigenvalue weighted by molar-refractivity contribution is 0.0690. The maximum atomic E-state index is 11.0. The molecule has 0 aliphatic carbocycles. The third-order valence-corrected chi connectivity index (χ3v) is 3.94. The highest BCUT2D eigenvalue weighted by Crippen LogP contribution is 2.26. The Bertz CT molecular complexity index is 612. The van der Waals surface area contributed by atoms with Crippen LogP contribution in [0.5, 0.6) is 0 Å². The fourth-order valence-electron chi connectivity index (χ4n) is 1.72. The van der Waals surface area contributed by atoms with Crippen molar-refractivity contribution in [2.45, 2.75) is 13.5 Å². The van der Waals surface area contributed by atoms with Crippen molar-refractivity contribution in [2.75, 3.05) is 11.9 Å². The number of rotatable bonds is 4. The van der Waals surface area contributed by atoms with Gasteiger partial charge < -0.3 is 10.0 Å². The summed E-state index contributed by atoms with van der Waals surface area (Å²) >= 11 is 7.31. The van der Waals surface area contributed by atoms with Crippen LogP contribution in [0.4, 0.5) is 5.13 Å². The van der Waals surface area contributed by atoms with E-state index in [1.165, 1.54) is 11.3 Å². The highest BCUT2D eigenvalue weighted by atomic mass is 35.5. The molecule has 6 heteroatoms. The van der Waals surface area contributed by atoms with Gasteiger partial charge in [0.2, 0.25) is 0 Å². The van der Waals surface area contributed by atoms with Gasteiger partial charge in [-0.15, -0.1) is 11.3 Å². The van der Waals surface area contributed by atoms with Gasteiger partial charge in [-0.05, 0) is 24.6 Å². The number of thiazole rings is 1. The molecule has 0 bridgehead atoms. The van der Waals surface area contributed by atoms with E-state index in [-0.39, 0.29) is 5.69 Å². The zero-order valence-electron chi connectivity index (χ0n) is 10.6. The molecule has 2 rings (SSSR count). The Balaban J connectivity index is 2.18. The molecule has 0 spiro atoms. The van der Waals surface area contributed by atoms with Gasteiger partial charge in [0.25, 0.3) is 0 Å². The number of hydrogen-bond acceptors (Lipinski definition) is 4. The second-order valence-corrected chi connectivity index (χ2v) is 5.81. The quantitative estimate of drug-likeness (QED) is 0.939. The van der Waals surface area contributed by atoms with Crippen molar-refractivity contribution in [3.63, 3.8) is 0 Å². The lowest BCUT2D eigenvalue weighted by atomic mass is 10.2. The summed E-state index contributed by atoms with van der Waals surface area (Å²) in [6.45, 7) is 2.39. The molecule has 100 valence electrons. The molecule has 0 amide bonds. The molecule has 0 radical (unpaired) electrons. The second kappa shape index (κ2) is 5.59. The Morgan fingerprint density at radius 2 is 2.26 bits per heavy atom. The Morgan fingerprint density at radius 1 is 1.53 bits per heavy atom. The molecule has 0 atom stereocenters. The number of carbonyl (C=O) groups is 1. The molecule has 0 aliphatic heterocycles. The molecule has 4 nitrogen and oxygen atoms in total. The molecule has 0 saturated heterocycles. The summed E-state index contributed by atoms with van der Waals surface area (Å²) in [7, 11) is 1.88. The largest absolute Gasteiger partial charge is 0.476 e. The summed E-state index contributed by atoms with van der Waals surface area (Å²) < 4.78 is 0. The van der Waals surface area contributed by atoms with E-state index in [1.807, 2.05) is 36.2 Å². The highest BCUT2D eigenvalue weighted by Gasteiger charge is 2.16. The van der Waals surface area contributed by atoms with Crippen LogP contribution in [0.15, 0.2) is 24.3 Å². The summed E-state index contributed by atoms with van der Waals surface area (Å²) in [5.74, 6) is -0.990. The minimum Gasteiger partial charge on any atom is -0.476 e. The van der Waals surface area contributed by atoms with Gasteiger partial charge in [-0.2, -0.15) is 0 Å². The van der Waals surface area contributed by atoms with Crippen LogP contribution in [-0.4, -0.2) is 23.1 Å². The van der Waals surface area contributed by atoms with Crippen LogP contribution in [0.25, 0.3) is 0 Å². The third kappa shape index (κ3) is 3.24. The van der Waals surface area contributed by atoms with Crippen molar-refractivity contribution in [2.24, 2.45) is 0 Å². The lowest BCUT2D eigenvalue weighted by Gasteiger charge is -2.15. The molecule has 1 aromatic heterocycles. The summed E-state index contributed by atoms with van der Waals surface area (Å²) in [5, 5.41) is 10.4. The number of anilines is 1. The summed E-state index contributed by atoms with van der Waals surface area (Å²) in [4.78, 5) is 17.7. The zero-order chi connectivity index (χ0) is 14.0. The van der Waals surface area contributed by atoms with Crippen LogP contribution in [-0.2, 0) is 6.54 Å². The average molecular weight is 297 g/mol. The summed E-state index contributed by atoms with van der Waals surface area (Å²) in [5.41, 5.74) is 1.18. The Morgan fingerprint density at radius 3 is 2.84 bits per heavy atom. The standard InChI is InChI=1S/C13H13ClN2O2S/c1-8-11(12(17)18)15-13(19-8)16(2)7-9-4-3-5-10(14)6-9/h3-6H,7H2,1-2H3,(H,17,18). The second-order valence-electron chi connectivity index (χ2n) is 4.19. The smallest absolute Gasteiger partial charge is 0.355 e. The molecule has 0 unspecified atom stereocenters. The van der Waals surface area contributed by atoms with Crippen molar-refractivity contribution < 1.29 is 9.90 Å². The van der Waals surface area contributed by atoms with Gasteiger partial charge in [-0.1, -0.05) is 23.7 Å². The van der Waals surface area contributed by atoms with Gasteiger partial charge in [0.1, 0.15) is 0 Å². The van der Waals surface area contributed by atoms with Gasteiger partial charge >= 0.3 is 5.97 Å². The van der Waals surface area contributed by atoms with Crippen LogP contribution in [0.3, 0.4) is 0 Å². The van der Waals surface area contributed by atoms with E-state index in [9.17, 15) is 4.79 Å². The normalized spacial score (nSPS) is 10.5. The van der Waals surface area contributed by atoms with Crippen molar-refractivity contribution in [3.8, 4) is 0 Å². The summed E-state index contributed by atoms with van der Waals surface area (Å²) in [6.07, 6.45) is 0. The molecule has 0 aliphatic rings. The predicted octanol–water partition coefficient (Wildman–Crippen LogP) is 3.44. The number of aromatic nitrogens is 1. The first-order valence-electron chi connectivity index (χ1n) is 5.63. The van der Waals surface area contributed by atoms with Crippen molar-refractivity contribution >= 4 is 34.0 Å². The minimum atomic E-state index is -0.990. The minimum absolute atomic E-state index is 0.123. The molecule has 1 N–H and O–H groups in total. The highest BCUT2D eigenvalue weighted by molar-refractivity contribution is 7.15. The Labute approximate surface area is 120 Å². The molecule has 2 aromatic rings. The van der Waals surface area contributed by atoms with Crippen molar-refractivity contribution in [3.05, 3.63) is 45.4 Å². The molecule has 1 aromatic carbocycles. The van der Waals surface area contributed by atoms with Crippen LogP contribution < -0.4 is 4.90 Å². The fourth-order valence-corrected chi connectivity index (χ4v) is 2.79.